The van der Waals surface area contributed by atoms with Crippen LogP contribution in [0.15, 0.2) is 53.4 Å². The number of aryl methyl sites for hydroxylation is 1. The first-order valence-electron chi connectivity index (χ1n) is 7.66. The summed E-state index contributed by atoms with van der Waals surface area (Å²) in [6.45, 7) is 0.0497. The minimum atomic E-state index is -3.71. The maximum absolute atomic E-state index is 12.3. The summed E-state index contributed by atoms with van der Waals surface area (Å²) in [4.78, 5) is 0.0852. The predicted molar refractivity (Wildman–Crippen MR) is 88.5 cm³/mol. The predicted octanol–water partition coefficient (Wildman–Crippen LogP) is 1.69. The number of aliphatic hydroxyl groups is 1. The molecule has 0 bridgehead atoms. The Morgan fingerprint density at radius 2 is 1.83 bits per heavy atom. The van der Waals surface area contributed by atoms with E-state index in [0.717, 1.165) is 5.56 Å². The van der Waals surface area contributed by atoms with Crippen LogP contribution in [0.2, 0.25) is 0 Å². The molecule has 1 atom stereocenters. The van der Waals surface area contributed by atoms with E-state index in [2.05, 4.69) is 4.72 Å². The van der Waals surface area contributed by atoms with Crippen LogP contribution in [0.5, 0.6) is 11.5 Å². The molecule has 1 aliphatic rings. The first-order valence-corrected chi connectivity index (χ1v) is 9.14. The number of sulfonamides is 1. The first kappa shape index (κ1) is 16.8. The van der Waals surface area contributed by atoms with Crippen LogP contribution in [0.25, 0.3) is 0 Å². The van der Waals surface area contributed by atoms with Gasteiger partial charge in [-0.15, -0.1) is 0 Å². The fraction of sp³-hybridized carbons (Fsp3) is 0.294. The van der Waals surface area contributed by atoms with Gasteiger partial charge in [0.2, 0.25) is 16.8 Å². The van der Waals surface area contributed by atoms with Crippen LogP contribution >= 0.6 is 0 Å². The second kappa shape index (κ2) is 7.21. The molecule has 7 heteroatoms. The number of nitrogens with one attached hydrogen (secondary N) is 1. The normalized spacial score (nSPS) is 14.5. The molecule has 0 aromatic heterocycles. The molecule has 0 spiro atoms. The lowest BCUT2D eigenvalue weighted by Gasteiger charge is -2.12. The van der Waals surface area contributed by atoms with Gasteiger partial charge in [0.15, 0.2) is 11.5 Å². The number of hydrogen-bond acceptors (Lipinski definition) is 5. The zero-order chi connectivity index (χ0) is 17.0. The summed E-state index contributed by atoms with van der Waals surface area (Å²) < 4.78 is 37.4. The highest BCUT2D eigenvalue weighted by Gasteiger charge is 2.20. The molecule has 0 unspecified atom stereocenters. The van der Waals surface area contributed by atoms with Crippen molar-refractivity contribution < 1.29 is 23.0 Å². The third-order valence-electron chi connectivity index (χ3n) is 3.77. The van der Waals surface area contributed by atoms with Gasteiger partial charge in [-0.25, -0.2) is 13.1 Å². The molecule has 1 aliphatic heterocycles. The molecule has 24 heavy (non-hydrogen) atoms. The molecule has 0 saturated heterocycles. The van der Waals surface area contributed by atoms with Crippen molar-refractivity contribution in [3.05, 3.63) is 54.1 Å². The lowest BCUT2D eigenvalue weighted by Crippen LogP contribution is -2.32. The van der Waals surface area contributed by atoms with Gasteiger partial charge < -0.3 is 14.6 Å². The van der Waals surface area contributed by atoms with E-state index < -0.39 is 16.1 Å². The van der Waals surface area contributed by atoms with Gasteiger partial charge in [0.05, 0.1) is 11.0 Å². The summed E-state index contributed by atoms with van der Waals surface area (Å²) in [5, 5.41) is 10.0. The van der Waals surface area contributed by atoms with E-state index in [-0.39, 0.29) is 18.2 Å². The average Bonchev–Trinajstić information content (AvgIpc) is 3.07. The zero-order valence-corrected chi connectivity index (χ0v) is 13.8. The third-order valence-corrected chi connectivity index (χ3v) is 5.19. The number of benzene rings is 2. The van der Waals surface area contributed by atoms with Crippen molar-refractivity contribution in [2.45, 2.75) is 23.8 Å². The van der Waals surface area contributed by atoms with Gasteiger partial charge in [-0.1, -0.05) is 30.3 Å². The summed E-state index contributed by atoms with van der Waals surface area (Å²) in [5.74, 6) is 0.930. The van der Waals surface area contributed by atoms with Gasteiger partial charge >= 0.3 is 0 Å². The number of ether oxygens (including phenoxy) is 2. The highest BCUT2D eigenvalue weighted by atomic mass is 32.2. The monoisotopic (exact) mass is 349 g/mol. The number of fused-ring (bicyclic) bond motifs is 1. The SMILES string of the molecule is O=S(=O)(NC[C@H](O)CCc1ccccc1)c1ccc2c(c1)OCO2. The molecular weight excluding hydrogens is 330 g/mol. The summed E-state index contributed by atoms with van der Waals surface area (Å²) in [6.07, 6.45) is 0.413. The molecule has 1 heterocycles. The second-order valence-electron chi connectivity index (χ2n) is 5.55. The number of hydrogen-bond donors (Lipinski definition) is 2. The minimum absolute atomic E-state index is 0.0381. The van der Waals surface area contributed by atoms with Crippen molar-refractivity contribution in [2.75, 3.05) is 13.3 Å². The molecule has 2 aromatic carbocycles. The molecule has 6 nitrogen and oxygen atoms in total. The Morgan fingerprint density at radius 3 is 2.62 bits per heavy atom. The van der Waals surface area contributed by atoms with Crippen LogP contribution in [0.1, 0.15) is 12.0 Å². The Balaban J connectivity index is 1.55. The lowest BCUT2D eigenvalue weighted by atomic mass is 10.1. The van der Waals surface area contributed by atoms with Crippen molar-refractivity contribution in [1.82, 2.24) is 4.72 Å². The standard InChI is InChI=1S/C17H19NO5S/c19-14(7-6-13-4-2-1-3-5-13)11-18-24(20,21)15-8-9-16-17(10-15)23-12-22-16/h1-5,8-10,14,18-19H,6-7,11-12H2/t14-/m1/s1. The van der Waals surface area contributed by atoms with Crippen LogP contribution < -0.4 is 14.2 Å². The van der Waals surface area contributed by atoms with E-state index in [1.807, 2.05) is 30.3 Å². The molecule has 0 radical (unpaired) electrons. The average molecular weight is 349 g/mol. The van der Waals surface area contributed by atoms with E-state index in [1.165, 1.54) is 12.1 Å². The molecule has 2 N–H and O–H groups in total. The van der Waals surface area contributed by atoms with Gasteiger partial charge in [0.1, 0.15) is 0 Å². The fourth-order valence-corrected chi connectivity index (χ4v) is 3.50. The van der Waals surface area contributed by atoms with Crippen molar-refractivity contribution in [2.24, 2.45) is 0 Å². The van der Waals surface area contributed by atoms with E-state index in [0.29, 0.717) is 24.3 Å². The Morgan fingerprint density at radius 1 is 1.08 bits per heavy atom. The van der Waals surface area contributed by atoms with E-state index in [9.17, 15) is 13.5 Å². The Hall–Kier alpha value is -2.09. The molecule has 2 aromatic rings. The smallest absolute Gasteiger partial charge is 0.240 e. The summed E-state index contributed by atoms with van der Waals surface area (Å²) in [7, 11) is -3.71. The second-order valence-corrected chi connectivity index (χ2v) is 7.31. The number of rotatable bonds is 7. The summed E-state index contributed by atoms with van der Waals surface area (Å²) >= 11 is 0. The Kier molecular flexibility index (Phi) is 5.03. The fourth-order valence-electron chi connectivity index (χ4n) is 2.41. The summed E-state index contributed by atoms with van der Waals surface area (Å²) in [6, 6.07) is 14.2. The van der Waals surface area contributed by atoms with Gasteiger partial charge in [0.25, 0.3) is 0 Å². The molecule has 3 rings (SSSR count). The third kappa shape index (κ3) is 4.05. The topological polar surface area (TPSA) is 84.9 Å². The summed E-state index contributed by atoms with van der Waals surface area (Å²) in [5.41, 5.74) is 1.11. The van der Waals surface area contributed by atoms with Gasteiger partial charge in [-0.3, -0.25) is 0 Å². The van der Waals surface area contributed by atoms with Crippen LogP contribution in [0.4, 0.5) is 0 Å². The van der Waals surface area contributed by atoms with E-state index in [4.69, 9.17) is 9.47 Å². The van der Waals surface area contributed by atoms with Crippen LogP contribution in [-0.4, -0.2) is 33.0 Å². The largest absolute Gasteiger partial charge is 0.454 e. The molecule has 0 aliphatic carbocycles. The molecule has 0 amide bonds. The highest BCUT2D eigenvalue weighted by molar-refractivity contribution is 7.89. The lowest BCUT2D eigenvalue weighted by molar-refractivity contribution is 0.168. The minimum Gasteiger partial charge on any atom is -0.454 e. The molecule has 0 saturated carbocycles. The van der Waals surface area contributed by atoms with Gasteiger partial charge in [-0.05, 0) is 30.5 Å². The quantitative estimate of drug-likeness (QED) is 0.795. The Labute approximate surface area is 141 Å². The molecule has 128 valence electrons. The molecule has 0 fully saturated rings. The maximum atomic E-state index is 12.3. The number of aliphatic hydroxyl groups excluding tert-OH is 1. The van der Waals surface area contributed by atoms with E-state index >= 15 is 0 Å². The zero-order valence-electron chi connectivity index (χ0n) is 13.0. The van der Waals surface area contributed by atoms with Crippen molar-refractivity contribution >= 4 is 10.0 Å². The highest BCUT2D eigenvalue weighted by Crippen LogP contribution is 2.33. The van der Waals surface area contributed by atoms with Crippen LogP contribution in [0.3, 0.4) is 0 Å². The van der Waals surface area contributed by atoms with E-state index in [1.54, 1.807) is 6.07 Å². The molecular formula is C17H19NO5S. The van der Waals surface area contributed by atoms with Crippen molar-refractivity contribution in [3.8, 4) is 11.5 Å². The first-order chi connectivity index (χ1) is 11.5. The van der Waals surface area contributed by atoms with Crippen molar-refractivity contribution in [1.29, 1.82) is 0 Å². The maximum Gasteiger partial charge on any atom is 0.240 e. The van der Waals surface area contributed by atoms with Crippen LogP contribution in [0, 0.1) is 0 Å². The Bertz CT molecular complexity index is 792. The van der Waals surface area contributed by atoms with Gasteiger partial charge in [0, 0.05) is 12.6 Å². The van der Waals surface area contributed by atoms with Gasteiger partial charge in [-0.2, -0.15) is 0 Å². The van der Waals surface area contributed by atoms with Crippen molar-refractivity contribution in [3.63, 3.8) is 0 Å². The van der Waals surface area contributed by atoms with Crippen LogP contribution in [-0.2, 0) is 16.4 Å².